The van der Waals surface area contributed by atoms with Crippen LogP contribution < -0.4 is 10.5 Å². The zero-order valence-corrected chi connectivity index (χ0v) is 17.3. The van der Waals surface area contributed by atoms with Crippen molar-refractivity contribution in [3.05, 3.63) is 64.3 Å². The van der Waals surface area contributed by atoms with Crippen molar-refractivity contribution in [3.8, 4) is 5.75 Å². The number of aromatic nitrogens is 1. The highest BCUT2D eigenvalue weighted by molar-refractivity contribution is 6.35. The van der Waals surface area contributed by atoms with E-state index in [4.69, 9.17) is 26.8 Å². The standard InChI is InChI=1S/C22H25ClN2O3/c1-5-27-21(26)18-12-16-17(23)10-11-19(20(16)25(18)4)28-13-14-6-8-15(9-7-14)22(2,3)24/h6-12H,5,13,24H2,1-4H3. The van der Waals surface area contributed by atoms with Crippen LogP contribution in [0.15, 0.2) is 42.5 Å². The molecule has 0 spiro atoms. The summed E-state index contributed by atoms with van der Waals surface area (Å²) >= 11 is 6.34. The highest BCUT2D eigenvalue weighted by atomic mass is 35.5. The summed E-state index contributed by atoms with van der Waals surface area (Å²) in [7, 11) is 1.80. The van der Waals surface area contributed by atoms with Crippen LogP contribution in [0.2, 0.25) is 5.02 Å². The molecule has 0 aliphatic rings. The largest absolute Gasteiger partial charge is 0.487 e. The topological polar surface area (TPSA) is 66.5 Å². The molecule has 3 aromatic rings. The van der Waals surface area contributed by atoms with E-state index in [2.05, 4.69) is 0 Å². The Labute approximate surface area is 170 Å². The third-order valence-corrected chi connectivity index (χ3v) is 5.01. The lowest BCUT2D eigenvalue weighted by Crippen LogP contribution is -2.28. The number of ether oxygens (including phenoxy) is 2. The molecule has 28 heavy (non-hydrogen) atoms. The lowest BCUT2D eigenvalue weighted by Gasteiger charge is -2.19. The van der Waals surface area contributed by atoms with Crippen LogP contribution in [0, 0.1) is 0 Å². The van der Waals surface area contributed by atoms with Gasteiger partial charge in [0.25, 0.3) is 0 Å². The van der Waals surface area contributed by atoms with E-state index in [1.807, 2.05) is 44.2 Å². The summed E-state index contributed by atoms with van der Waals surface area (Å²) in [5.74, 6) is 0.267. The van der Waals surface area contributed by atoms with Crippen LogP contribution in [0.4, 0.5) is 0 Å². The van der Waals surface area contributed by atoms with Crippen LogP contribution in [0.1, 0.15) is 42.4 Å². The molecule has 0 aliphatic heterocycles. The molecule has 2 N–H and O–H groups in total. The number of carbonyl (C=O) groups is 1. The summed E-state index contributed by atoms with van der Waals surface area (Å²) in [6.07, 6.45) is 0. The van der Waals surface area contributed by atoms with Crippen LogP contribution in [0.3, 0.4) is 0 Å². The molecular formula is C22H25ClN2O3. The molecule has 0 saturated heterocycles. The molecule has 2 aromatic carbocycles. The minimum absolute atomic E-state index is 0.313. The van der Waals surface area contributed by atoms with Gasteiger partial charge >= 0.3 is 5.97 Å². The molecule has 3 rings (SSSR count). The first-order valence-corrected chi connectivity index (χ1v) is 9.56. The summed E-state index contributed by atoms with van der Waals surface area (Å²) < 4.78 is 12.9. The molecule has 0 fully saturated rings. The number of nitrogens with zero attached hydrogens (tertiary/aromatic N) is 1. The average Bonchev–Trinajstić information content (AvgIpc) is 3.00. The Morgan fingerprint density at radius 3 is 2.46 bits per heavy atom. The maximum absolute atomic E-state index is 12.2. The van der Waals surface area contributed by atoms with E-state index in [9.17, 15) is 4.79 Å². The van der Waals surface area contributed by atoms with E-state index in [0.29, 0.717) is 29.7 Å². The fourth-order valence-corrected chi connectivity index (χ4v) is 3.32. The predicted octanol–water partition coefficient (Wildman–Crippen LogP) is 4.78. The maximum atomic E-state index is 12.2. The number of esters is 1. The summed E-state index contributed by atoms with van der Waals surface area (Å²) in [6.45, 7) is 6.42. The molecule has 0 saturated carbocycles. The van der Waals surface area contributed by atoms with Gasteiger partial charge in [-0.15, -0.1) is 0 Å². The monoisotopic (exact) mass is 400 g/mol. The first-order chi connectivity index (χ1) is 13.2. The first-order valence-electron chi connectivity index (χ1n) is 9.18. The van der Waals surface area contributed by atoms with Crippen molar-refractivity contribution in [1.82, 2.24) is 4.57 Å². The van der Waals surface area contributed by atoms with E-state index in [1.54, 1.807) is 30.7 Å². The Bertz CT molecular complexity index is 1000. The van der Waals surface area contributed by atoms with Crippen LogP contribution in [0.25, 0.3) is 10.9 Å². The fourth-order valence-electron chi connectivity index (χ4n) is 3.11. The SMILES string of the molecule is CCOC(=O)c1cc2c(Cl)ccc(OCc3ccc(C(C)(C)N)cc3)c2n1C. The van der Waals surface area contributed by atoms with Gasteiger partial charge in [0, 0.05) is 18.0 Å². The van der Waals surface area contributed by atoms with Gasteiger partial charge in [-0.25, -0.2) is 4.79 Å². The zero-order chi connectivity index (χ0) is 20.5. The number of aryl methyl sites for hydroxylation is 1. The van der Waals surface area contributed by atoms with Gasteiger partial charge < -0.3 is 19.8 Å². The Morgan fingerprint density at radius 1 is 1.18 bits per heavy atom. The van der Waals surface area contributed by atoms with Crippen molar-refractivity contribution in [2.24, 2.45) is 12.8 Å². The van der Waals surface area contributed by atoms with Crippen LogP contribution in [-0.4, -0.2) is 17.1 Å². The minimum Gasteiger partial charge on any atom is -0.487 e. The van der Waals surface area contributed by atoms with Gasteiger partial charge in [0.05, 0.1) is 17.1 Å². The van der Waals surface area contributed by atoms with Gasteiger partial charge in [0.1, 0.15) is 18.1 Å². The molecule has 1 heterocycles. The number of benzene rings is 2. The first kappa shape index (κ1) is 20.2. The summed E-state index contributed by atoms with van der Waals surface area (Å²) in [4.78, 5) is 12.2. The van der Waals surface area contributed by atoms with E-state index in [0.717, 1.165) is 22.0 Å². The minimum atomic E-state index is -0.386. The summed E-state index contributed by atoms with van der Waals surface area (Å²) in [5, 5.41) is 1.31. The van der Waals surface area contributed by atoms with Gasteiger partial charge in [0.15, 0.2) is 0 Å². The highest BCUT2D eigenvalue weighted by Gasteiger charge is 2.19. The van der Waals surface area contributed by atoms with Crippen LogP contribution in [0.5, 0.6) is 5.75 Å². The molecule has 6 heteroatoms. The van der Waals surface area contributed by atoms with E-state index < -0.39 is 0 Å². The quantitative estimate of drug-likeness (QED) is 0.604. The van der Waals surface area contributed by atoms with Gasteiger partial charge in [0.2, 0.25) is 0 Å². The van der Waals surface area contributed by atoms with Crippen molar-refractivity contribution < 1.29 is 14.3 Å². The van der Waals surface area contributed by atoms with E-state index in [-0.39, 0.29) is 11.5 Å². The molecule has 0 atom stereocenters. The number of hydrogen-bond donors (Lipinski definition) is 1. The average molecular weight is 401 g/mol. The Hall–Kier alpha value is -2.50. The predicted molar refractivity (Wildman–Crippen MR) is 112 cm³/mol. The zero-order valence-electron chi connectivity index (χ0n) is 16.6. The van der Waals surface area contributed by atoms with Gasteiger partial charge in [-0.3, -0.25) is 0 Å². The number of carbonyl (C=O) groups excluding carboxylic acids is 1. The molecule has 1 aromatic heterocycles. The smallest absolute Gasteiger partial charge is 0.354 e. The lowest BCUT2D eigenvalue weighted by molar-refractivity contribution is 0.0516. The van der Waals surface area contributed by atoms with Gasteiger partial charge in [-0.2, -0.15) is 0 Å². The summed E-state index contributed by atoms with van der Waals surface area (Å²) in [5.41, 5.74) is 9.03. The second-order valence-corrected chi connectivity index (χ2v) is 7.73. The van der Waals surface area contributed by atoms with Crippen molar-refractivity contribution in [3.63, 3.8) is 0 Å². The molecule has 0 aliphatic carbocycles. The Morgan fingerprint density at radius 2 is 1.86 bits per heavy atom. The second kappa shape index (κ2) is 7.86. The maximum Gasteiger partial charge on any atom is 0.354 e. The Balaban J connectivity index is 1.89. The molecule has 0 amide bonds. The van der Waals surface area contributed by atoms with Crippen LogP contribution >= 0.6 is 11.6 Å². The molecule has 148 valence electrons. The van der Waals surface area contributed by atoms with Crippen molar-refractivity contribution in [2.45, 2.75) is 32.9 Å². The van der Waals surface area contributed by atoms with Crippen molar-refractivity contribution in [1.29, 1.82) is 0 Å². The highest BCUT2D eigenvalue weighted by Crippen LogP contribution is 2.34. The van der Waals surface area contributed by atoms with Crippen molar-refractivity contribution in [2.75, 3.05) is 6.61 Å². The molecule has 0 unspecified atom stereocenters. The third kappa shape index (κ3) is 4.01. The molecular weight excluding hydrogens is 376 g/mol. The van der Waals surface area contributed by atoms with Crippen LogP contribution in [-0.2, 0) is 23.9 Å². The molecule has 0 bridgehead atoms. The molecule has 5 nitrogen and oxygen atoms in total. The van der Waals surface area contributed by atoms with Gasteiger partial charge in [-0.1, -0.05) is 35.9 Å². The second-order valence-electron chi connectivity index (χ2n) is 7.32. The third-order valence-electron chi connectivity index (χ3n) is 4.68. The number of halogens is 1. The van der Waals surface area contributed by atoms with Crippen molar-refractivity contribution >= 4 is 28.5 Å². The number of fused-ring (bicyclic) bond motifs is 1. The summed E-state index contributed by atoms with van der Waals surface area (Å²) in [6, 6.07) is 13.4. The number of rotatable bonds is 6. The number of nitrogens with two attached hydrogens (primary N) is 1. The van der Waals surface area contributed by atoms with E-state index >= 15 is 0 Å². The lowest BCUT2D eigenvalue weighted by atomic mass is 9.95. The van der Waals surface area contributed by atoms with E-state index in [1.165, 1.54) is 0 Å². The normalized spacial score (nSPS) is 11.6. The molecule has 0 radical (unpaired) electrons. The van der Waals surface area contributed by atoms with Gasteiger partial charge in [-0.05, 0) is 50.1 Å². The fraction of sp³-hybridized carbons (Fsp3) is 0.318. The number of hydrogen-bond acceptors (Lipinski definition) is 4. The Kier molecular flexibility index (Phi) is 5.68.